The third kappa shape index (κ3) is 6.25. The molecule has 11 heteroatoms. The summed E-state index contributed by atoms with van der Waals surface area (Å²) < 4.78 is 61.6. The van der Waals surface area contributed by atoms with Crippen molar-refractivity contribution in [1.82, 2.24) is 4.90 Å². The highest BCUT2D eigenvalue weighted by Crippen LogP contribution is 2.68. The Bertz CT molecular complexity index is 958. The van der Waals surface area contributed by atoms with Crippen molar-refractivity contribution in [1.29, 1.82) is 0 Å². The van der Waals surface area contributed by atoms with Gasteiger partial charge in [-0.05, 0) is 88.9 Å². The van der Waals surface area contributed by atoms with Crippen molar-refractivity contribution in [3.8, 4) is 0 Å². The fourth-order valence-corrected chi connectivity index (χ4v) is 7.80. The second-order valence-electron chi connectivity index (χ2n) is 11.5. The van der Waals surface area contributed by atoms with Crippen LogP contribution in [0, 0.1) is 23.2 Å². The Morgan fingerprint density at radius 2 is 1.56 bits per heavy atom. The molecule has 2 bridgehead atoms. The van der Waals surface area contributed by atoms with E-state index in [2.05, 4.69) is 6.92 Å². The van der Waals surface area contributed by atoms with E-state index in [1.165, 1.54) is 0 Å². The van der Waals surface area contributed by atoms with Gasteiger partial charge >= 0.3 is 6.09 Å². The minimum Gasteiger partial charge on any atom is -0.444 e. The molecule has 3 fully saturated rings. The zero-order valence-electron chi connectivity index (χ0n) is 21.3. The monoisotopic (exact) mass is 523 g/mol. The van der Waals surface area contributed by atoms with E-state index >= 15 is 0 Å². The van der Waals surface area contributed by atoms with Gasteiger partial charge in [-0.1, -0.05) is 6.92 Å². The second-order valence-corrected chi connectivity index (χ2v) is 14.8. The van der Waals surface area contributed by atoms with E-state index in [-0.39, 0.29) is 42.7 Å². The number of carbonyl (C=O) groups is 1. The molecule has 0 spiro atoms. The van der Waals surface area contributed by atoms with Crippen LogP contribution < -0.4 is 0 Å². The van der Waals surface area contributed by atoms with Gasteiger partial charge in [-0.3, -0.25) is 8.37 Å². The Labute approximate surface area is 205 Å². The highest BCUT2D eigenvalue weighted by atomic mass is 32.2. The molecule has 0 aromatic heterocycles. The van der Waals surface area contributed by atoms with Crippen LogP contribution in [-0.2, 0) is 33.3 Å². The first kappa shape index (κ1) is 27.7. The predicted molar refractivity (Wildman–Crippen MR) is 128 cm³/mol. The first-order chi connectivity index (χ1) is 15.5. The summed E-state index contributed by atoms with van der Waals surface area (Å²) in [5.41, 5.74) is -0.756. The van der Waals surface area contributed by atoms with Gasteiger partial charge in [0.1, 0.15) is 5.60 Å². The number of piperidine rings is 1. The second kappa shape index (κ2) is 9.86. The number of hydrogen-bond acceptors (Lipinski definition) is 8. The Hall–Kier alpha value is -0.910. The molecule has 0 unspecified atom stereocenters. The number of likely N-dealkylation sites (tertiary alicyclic amines) is 1. The van der Waals surface area contributed by atoms with Crippen LogP contribution in [-0.4, -0.2) is 71.2 Å². The number of hydrogen-bond donors (Lipinski definition) is 0. The number of rotatable bonds is 10. The lowest BCUT2D eigenvalue weighted by Crippen LogP contribution is -2.56. The Morgan fingerprint density at radius 3 is 2.12 bits per heavy atom. The lowest BCUT2D eigenvalue weighted by atomic mass is 9.57. The smallest absolute Gasteiger partial charge is 0.410 e. The van der Waals surface area contributed by atoms with Crippen molar-refractivity contribution in [3.05, 3.63) is 0 Å². The van der Waals surface area contributed by atoms with E-state index in [1.807, 2.05) is 25.7 Å². The fourth-order valence-electron chi connectivity index (χ4n) is 6.96. The molecule has 1 saturated heterocycles. The van der Waals surface area contributed by atoms with Gasteiger partial charge in [0.05, 0.1) is 25.7 Å². The summed E-state index contributed by atoms with van der Waals surface area (Å²) >= 11 is 0. The predicted octanol–water partition coefficient (Wildman–Crippen LogP) is 3.54. The first-order valence-electron chi connectivity index (χ1n) is 12.2. The molecule has 6 atom stereocenters. The van der Waals surface area contributed by atoms with Gasteiger partial charge < -0.3 is 9.64 Å². The van der Waals surface area contributed by atoms with E-state index in [9.17, 15) is 21.6 Å². The van der Waals surface area contributed by atoms with Crippen LogP contribution in [0.2, 0.25) is 0 Å². The molecule has 9 nitrogen and oxygen atoms in total. The fraction of sp³-hybridized carbons (Fsp3) is 0.957. The standard InChI is InChI=1S/C23H41NO8S2/c1-16-13-17-15-19-18(9-7-11-30-33(5,26)27)23(17,10-8-12-31-34(6,28)29)20(14-16)24(19)21(25)32-22(2,3)4/h16-20H,7-15H2,1-6H3/t16-,17+,18-,19+,20+,23+/m1/s1. The van der Waals surface area contributed by atoms with Gasteiger partial charge in [-0.2, -0.15) is 16.8 Å². The molecule has 0 radical (unpaired) electrons. The van der Waals surface area contributed by atoms with Crippen molar-refractivity contribution >= 4 is 26.3 Å². The SMILES string of the molecule is C[C@@H]1C[C@H]2C[C@H]3[C@@H](CCCOS(C)(=O)=O)[C@@]2(CCCOS(C)(=O)=O)[C@H](C1)N3C(=O)OC(C)(C)C. The quantitative estimate of drug-likeness (QED) is 0.315. The molecule has 2 saturated carbocycles. The summed E-state index contributed by atoms with van der Waals surface area (Å²) in [6, 6.07) is 0.0559. The van der Waals surface area contributed by atoms with Crippen LogP contribution in [0.1, 0.15) is 72.6 Å². The van der Waals surface area contributed by atoms with Gasteiger partial charge in [0.15, 0.2) is 0 Å². The highest BCUT2D eigenvalue weighted by Gasteiger charge is 2.69. The van der Waals surface area contributed by atoms with Gasteiger partial charge in [0, 0.05) is 12.1 Å². The van der Waals surface area contributed by atoms with Crippen molar-refractivity contribution in [2.24, 2.45) is 23.2 Å². The van der Waals surface area contributed by atoms with Gasteiger partial charge in [0.2, 0.25) is 0 Å². The molecule has 34 heavy (non-hydrogen) atoms. The highest BCUT2D eigenvalue weighted by molar-refractivity contribution is 7.86. The number of ether oxygens (including phenoxy) is 1. The summed E-state index contributed by atoms with van der Waals surface area (Å²) in [6.07, 6.45) is 7.34. The summed E-state index contributed by atoms with van der Waals surface area (Å²) in [4.78, 5) is 15.3. The van der Waals surface area contributed by atoms with Crippen LogP contribution in [0.4, 0.5) is 4.79 Å². The zero-order valence-corrected chi connectivity index (χ0v) is 22.9. The lowest BCUT2D eigenvalue weighted by molar-refractivity contribution is -0.0474. The van der Waals surface area contributed by atoms with E-state index in [1.54, 1.807) is 0 Å². The Morgan fingerprint density at radius 1 is 0.971 bits per heavy atom. The number of amides is 1. The molecule has 1 heterocycles. The Balaban J connectivity index is 1.86. The van der Waals surface area contributed by atoms with E-state index < -0.39 is 25.8 Å². The van der Waals surface area contributed by atoms with Crippen LogP contribution in [0.25, 0.3) is 0 Å². The molecule has 1 amide bonds. The van der Waals surface area contributed by atoms with Crippen molar-refractivity contribution in [3.63, 3.8) is 0 Å². The molecule has 1 aliphatic heterocycles. The van der Waals surface area contributed by atoms with Crippen molar-refractivity contribution < 1.29 is 34.7 Å². The van der Waals surface area contributed by atoms with E-state index in [0.717, 1.165) is 44.6 Å². The maximum absolute atomic E-state index is 13.4. The number of nitrogens with zero attached hydrogens (tertiary/aromatic N) is 1. The molecule has 0 aromatic rings. The lowest BCUT2D eigenvalue weighted by Gasteiger charge is -2.52. The maximum atomic E-state index is 13.4. The molecule has 198 valence electrons. The average molecular weight is 524 g/mol. The third-order valence-electron chi connectivity index (χ3n) is 7.68. The minimum atomic E-state index is -3.51. The minimum absolute atomic E-state index is 0.0221. The average Bonchev–Trinajstić information content (AvgIpc) is 3.06. The van der Waals surface area contributed by atoms with Gasteiger partial charge in [-0.25, -0.2) is 4.79 Å². The van der Waals surface area contributed by atoms with Crippen LogP contribution in [0.5, 0.6) is 0 Å². The molecule has 3 aliphatic rings. The van der Waals surface area contributed by atoms with Gasteiger partial charge in [-0.15, -0.1) is 0 Å². The largest absolute Gasteiger partial charge is 0.444 e. The van der Waals surface area contributed by atoms with Crippen LogP contribution >= 0.6 is 0 Å². The third-order valence-corrected chi connectivity index (χ3v) is 8.87. The summed E-state index contributed by atoms with van der Waals surface area (Å²) in [5, 5.41) is 0. The molecule has 0 N–H and O–H groups in total. The van der Waals surface area contributed by atoms with E-state index in [0.29, 0.717) is 24.7 Å². The van der Waals surface area contributed by atoms with Crippen LogP contribution in [0.3, 0.4) is 0 Å². The normalized spacial score (nSPS) is 33.4. The van der Waals surface area contributed by atoms with Crippen LogP contribution in [0.15, 0.2) is 0 Å². The first-order valence-corrected chi connectivity index (χ1v) is 15.9. The van der Waals surface area contributed by atoms with Crippen molar-refractivity contribution in [2.45, 2.75) is 90.3 Å². The van der Waals surface area contributed by atoms with E-state index in [4.69, 9.17) is 13.1 Å². The zero-order chi connectivity index (χ0) is 25.5. The molecular weight excluding hydrogens is 482 g/mol. The molecule has 0 aromatic carbocycles. The molecule has 3 rings (SSSR count). The summed E-state index contributed by atoms with van der Waals surface area (Å²) in [6.45, 7) is 8.06. The molecule has 2 aliphatic carbocycles. The topological polar surface area (TPSA) is 116 Å². The number of fused-ring (bicyclic) bond motifs is 1. The number of carbonyl (C=O) groups excluding carboxylic acids is 1. The van der Waals surface area contributed by atoms with Gasteiger partial charge in [0.25, 0.3) is 20.2 Å². The molecular formula is C23H41NO8S2. The summed E-state index contributed by atoms with van der Waals surface area (Å²) in [7, 11) is -7.01. The summed E-state index contributed by atoms with van der Waals surface area (Å²) in [5.74, 6) is 1.10. The Kier molecular flexibility index (Phi) is 8.02. The van der Waals surface area contributed by atoms with Crippen molar-refractivity contribution in [2.75, 3.05) is 25.7 Å². The maximum Gasteiger partial charge on any atom is 0.410 e.